The lowest BCUT2D eigenvalue weighted by molar-refractivity contribution is -0.127. The number of ether oxygens (including phenoxy) is 1. The van der Waals surface area contributed by atoms with E-state index in [9.17, 15) is 4.79 Å². The van der Waals surface area contributed by atoms with Crippen LogP contribution < -0.4 is 10.1 Å². The summed E-state index contributed by atoms with van der Waals surface area (Å²) in [6.07, 6.45) is 2.68. The average molecular weight is 372 g/mol. The van der Waals surface area contributed by atoms with Crippen LogP contribution in [0.15, 0.2) is 29.6 Å². The molecule has 2 aromatic rings. The van der Waals surface area contributed by atoms with Gasteiger partial charge in [0.1, 0.15) is 12.4 Å². The molecule has 2 aliphatic rings. The van der Waals surface area contributed by atoms with E-state index < -0.39 is 0 Å². The maximum absolute atomic E-state index is 12.7. The Morgan fingerprint density at radius 2 is 2.15 bits per heavy atom. The van der Waals surface area contributed by atoms with Crippen molar-refractivity contribution in [2.45, 2.75) is 38.8 Å². The van der Waals surface area contributed by atoms with E-state index in [1.54, 1.807) is 11.3 Å². The fourth-order valence-electron chi connectivity index (χ4n) is 3.80. The van der Waals surface area contributed by atoms with Gasteiger partial charge in [-0.15, -0.1) is 11.3 Å². The molecule has 3 heterocycles. The first-order valence-electron chi connectivity index (χ1n) is 9.32. The molecule has 1 aromatic carbocycles. The largest absolute Gasteiger partial charge is 0.491 e. The SMILES string of the molecule is Cc1nc(CN2CCC(C(=O)NC3COc4ccccc4C3)CC2)cs1. The van der Waals surface area contributed by atoms with E-state index in [4.69, 9.17) is 4.74 Å². The first kappa shape index (κ1) is 17.5. The Hall–Kier alpha value is -1.92. The molecular weight excluding hydrogens is 346 g/mol. The van der Waals surface area contributed by atoms with E-state index in [1.807, 2.05) is 25.1 Å². The predicted octanol–water partition coefficient (Wildman–Crippen LogP) is 2.78. The van der Waals surface area contributed by atoms with Crippen LogP contribution in [0.2, 0.25) is 0 Å². The molecular formula is C20H25N3O2S. The first-order chi connectivity index (χ1) is 12.7. The van der Waals surface area contributed by atoms with E-state index >= 15 is 0 Å². The van der Waals surface area contributed by atoms with Crippen molar-refractivity contribution in [2.24, 2.45) is 5.92 Å². The molecule has 1 unspecified atom stereocenters. The van der Waals surface area contributed by atoms with Crippen molar-refractivity contribution >= 4 is 17.2 Å². The maximum Gasteiger partial charge on any atom is 0.223 e. The van der Waals surface area contributed by atoms with Crippen LogP contribution in [0, 0.1) is 12.8 Å². The molecule has 0 radical (unpaired) electrons. The molecule has 0 aliphatic carbocycles. The number of hydrogen-bond donors (Lipinski definition) is 1. The lowest BCUT2D eigenvalue weighted by Gasteiger charge is -2.32. The van der Waals surface area contributed by atoms with Crippen LogP contribution in [0.4, 0.5) is 0 Å². The van der Waals surface area contributed by atoms with Gasteiger partial charge >= 0.3 is 0 Å². The van der Waals surface area contributed by atoms with Crippen molar-refractivity contribution < 1.29 is 9.53 Å². The molecule has 5 nitrogen and oxygen atoms in total. The van der Waals surface area contributed by atoms with Crippen molar-refractivity contribution in [1.82, 2.24) is 15.2 Å². The molecule has 0 spiro atoms. The van der Waals surface area contributed by atoms with Gasteiger partial charge in [-0.05, 0) is 50.9 Å². The minimum Gasteiger partial charge on any atom is -0.491 e. The smallest absolute Gasteiger partial charge is 0.223 e. The summed E-state index contributed by atoms with van der Waals surface area (Å²) >= 11 is 1.70. The van der Waals surface area contributed by atoms with Gasteiger partial charge in [-0.25, -0.2) is 4.98 Å². The number of nitrogens with one attached hydrogen (secondary N) is 1. The summed E-state index contributed by atoms with van der Waals surface area (Å²) in [5.74, 6) is 1.24. The van der Waals surface area contributed by atoms with E-state index in [2.05, 4.69) is 26.6 Å². The highest BCUT2D eigenvalue weighted by Crippen LogP contribution is 2.25. The molecule has 1 saturated heterocycles. The lowest BCUT2D eigenvalue weighted by atomic mass is 9.94. The molecule has 4 rings (SSSR count). The molecule has 6 heteroatoms. The Bertz CT molecular complexity index is 768. The van der Waals surface area contributed by atoms with Gasteiger partial charge in [-0.1, -0.05) is 18.2 Å². The molecule has 0 saturated carbocycles. The molecule has 26 heavy (non-hydrogen) atoms. The van der Waals surface area contributed by atoms with Crippen LogP contribution >= 0.6 is 11.3 Å². The number of aryl methyl sites for hydroxylation is 1. The summed E-state index contributed by atoms with van der Waals surface area (Å²) in [6, 6.07) is 8.15. The van der Waals surface area contributed by atoms with Crippen molar-refractivity contribution in [1.29, 1.82) is 0 Å². The fraction of sp³-hybridized carbons (Fsp3) is 0.500. The molecule has 1 aromatic heterocycles. The summed E-state index contributed by atoms with van der Waals surface area (Å²) in [6.45, 7) is 5.41. The number of hydrogen-bond acceptors (Lipinski definition) is 5. The van der Waals surface area contributed by atoms with Gasteiger partial charge in [0.25, 0.3) is 0 Å². The fourth-order valence-corrected chi connectivity index (χ4v) is 4.41. The van der Waals surface area contributed by atoms with Crippen molar-refractivity contribution in [3.63, 3.8) is 0 Å². The average Bonchev–Trinajstić information content (AvgIpc) is 3.07. The Kier molecular flexibility index (Phi) is 5.22. The standard InChI is InChI=1S/C20H25N3O2S/c1-14-21-18(13-26-14)11-23-8-6-15(7-9-23)20(24)22-17-10-16-4-2-3-5-19(16)25-12-17/h2-5,13,15,17H,6-12H2,1H3,(H,22,24). The summed E-state index contributed by atoms with van der Waals surface area (Å²) < 4.78 is 5.78. The second kappa shape index (κ2) is 7.76. The zero-order chi connectivity index (χ0) is 17.9. The van der Waals surface area contributed by atoms with Crippen LogP contribution in [-0.2, 0) is 17.8 Å². The monoisotopic (exact) mass is 371 g/mol. The lowest BCUT2D eigenvalue weighted by Crippen LogP contribution is -2.47. The number of likely N-dealkylation sites (tertiary alicyclic amines) is 1. The molecule has 2 aliphatic heterocycles. The second-order valence-electron chi connectivity index (χ2n) is 7.24. The predicted molar refractivity (Wildman–Crippen MR) is 102 cm³/mol. The minimum atomic E-state index is 0.0772. The number of benzene rings is 1. The van der Waals surface area contributed by atoms with Crippen LogP contribution in [0.5, 0.6) is 5.75 Å². The van der Waals surface area contributed by atoms with Gasteiger partial charge in [0.2, 0.25) is 5.91 Å². The van der Waals surface area contributed by atoms with E-state index in [-0.39, 0.29) is 17.9 Å². The Labute approximate surface area is 158 Å². The van der Waals surface area contributed by atoms with E-state index in [0.717, 1.165) is 55.3 Å². The number of amides is 1. The maximum atomic E-state index is 12.7. The summed E-state index contributed by atoms with van der Waals surface area (Å²) in [4.78, 5) is 19.6. The summed E-state index contributed by atoms with van der Waals surface area (Å²) in [5.41, 5.74) is 2.32. The van der Waals surface area contributed by atoms with E-state index in [1.165, 1.54) is 5.56 Å². The van der Waals surface area contributed by atoms with Crippen LogP contribution in [0.25, 0.3) is 0 Å². The number of rotatable bonds is 4. The highest BCUT2D eigenvalue weighted by atomic mass is 32.1. The second-order valence-corrected chi connectivity index (χ2v) is 8.30. The number of aromatic nitrogens is 1. The Morgan fingerprint density at radius 1 is 1.35 bits per heavy atom. The number of piperidine rings is 1. The van der Waals surface area contributed by atoms with Gasteiger partial charge in [-0.2, -0.15) is 0 Å². The zero-order valence-corrected chi connectivity index (χ0v) is 15.9. The van der Waals surface area contributed by atoms with Gasteiger partial charge < -0.3 is 10.1 Å². The topological polar surface area (TPSA) is 54.5 Å². The third-order valence-electron chi connectivity index (χ3n) is 5.24. The minimum absolute atomic E-state index is 0.0772. The molecule has 1 N–H and O–H groups in total. The normalized spacial score (nSPS) is 21.0. The Balaban J connectivity index is 1.25. The highest BCUT2D eigenvalue weighted by molar-refractivity contribution is 7.09. The van der Waals surface area contributed by atoms with Crippen LogP contribution in [0.1, 0.15) is 29.1 Å². The molecule has 1 amide bonds. The van der Waals surface area contributed by atoms with Crippen molar-refractivity contribution in [3.05, 3.63) is 45.9 Å². The summed E-state index contributed by atoms with van der Waals surface area (Å²) in [5, 5.41) is 6.45. The highest BCUT2D eigenvalue weighted by Gasteiger charge is 2.28. The van der Waals surface area contributed by atoms with Crippen molar-refractivity contribution in [3.8, 4) is 5.75 Å². The number of para-hydroxylation sites is 1. The zero-order valence-electron chi connectivity index (χ0n) is 15.1. The molecule has 1 fully saturated rings. The van der Waals surface area contributed by atoms with Gasteiger partial charge in [0.05, 0.1) is 16.7 Å². The van der Waals surface area contributed by atoms with E-state index in [0.29, 0.717) is 6.61 Å². The number of nitrogens with zero attached hydrogens (tertiary/aromatic N) is 2. The molecule has 138 valence electrons. The van der Waals surface area contributed by atoms with Gasteiger partial charge in [-0.3, -0.25) is 9.69 Å². The van der Waals surface area contributed by atoms with Gasteiger partial charge in [0, 0.05) is 17.8 Å². The number of carbonyl (C=O) groups excluding carboxylic acids is 1. The van der Waals surface area contributed by atoms with Gasteiger partial charge in [0.15, 0.2) is 0 Å². The number of fused-ring (bicyclic) bond motifs is 1. The van der Waals surface area contributed by atoms with Crippen molar-refractivity contribution in [2.75, 3.05) is 19.7 Å². The first-order valence-corrected chi connectivity index (χ1v) is 10.2. The van der Waals surface area contributed by atoms with Crippen LogP contribution in [0.3, 0.4) is 0 Å². The molecule has 1 atom stereocenters. The number of carbonyl (C=O) groups is 1. The van der Waals surface area contributed by atoms with Crippen LogP contribution in [-0.4, -0.2) is 41.5 Å². The number of thiazole rings is 1. The third-order valence-corrected chi connectivity index (χ3v) is 6.06. The Morgan fingerprint density at radius 3 is 2.92 bits per heavy atom. The molecule has 0 bridgehead atoms. The quantitative estimate of drug-likeness (QED) is 0.898. The third kappa shape index (κ3) is 4.07. The summed E-state index contributed by atoms with van der Waals surface area (Å²) in [7, 11) is 0.